The van der Waals surface area contributed by atoms with E-state index in [1.165, 1.54) is 5.56 Å². The molecule has 3 heterocycles. The van der Waals surface area contributed by atoms with Crippen LogP contribution in [0.1, 0.15) is 22.4 Å². The molecule has 1 aliphatic heterocycles. The van der Waals surface area contributed by atoms with Crippen molar-refractivity contribution in [3.63, 3.8) is 0 Å². The SMILES string of the molecule is Cc1ccc(Cn2nc(C)c(/C=C/C(=O)N3CCN(c4nccs4)CC3)c2Cl)cc1. The van der Waals surface area contributed by atoms with E-state index in [4.69, 9.17) is 11.6 Å². The Morgan fingerprint density at radius 3 is 2.57 bits per heavy atom. The zero-order chi connectivity index (χ0) is 21.1. The highest BCUT2D eigenvalue weighted by molar-refractivity contribution is 7.13. The van der Waals surface area contributed by atoms with Crippen LogP contribution in [-0.4, -0.2) is 51.8 Å². The molecule has 0 spiro atoms. The van der Waals surface area contributed by atoms with Crippen molar-refractivity contribution in [2.24, 2.45) is 0 Å². The van der Waals surface area contributed by atoms with Gasteiger partial charge in [-0.1, -0.05) is 41.4 Å². The minimum absolute atomic E-state index is 0.00413. The van der Waals surface area contributed by atoms with Crippen LogP contribution in [0.3, 0.4) is 0 Å². The summed E-state index contributed by atoms with van der Waals surface area (Å²) in [7, 11) is 0. The number of amides is 1. The first kappa shape index (κ1) is 20.6. The van der Waals surface area contributed by atoms with Gasteiger partial charge in [-0.25, -0.2) is 9.67 Å². The normalized spacial score (nSPS) is 14.6. The quantitative estimate of drug-likeness (QED) is 0.561. The second kappa shape index (κ2) is 9.02. The molecule has 2 aromatic heterocycles. The number of hydrogen-bond acceptors (Lipinski definition) is 5. The Labute approximate surface area is 185 Å². The van der Waals surface area contributed by atoms with E-state index in [1.54, 1.807) is 28.2 Å². The van der Waals surface area contributed by atoms with Crippen molar-refractivity contribution >= 4 is 40.1 Å². The van der Waals surface area contributed by atoms with Crippen LogP contribution in [0, 0.1) is 13.8 Å². The molecule has 1 saturated heterocycles. The predicted molar refractivity (Wildman–Crippen MR) is 122 cm³/mol. The molecule has 0 radical (unpaired) electrons. The number of aryl methyl sites for hydroxylation is 2. The number of hydrogen-bond donors (Lipinski definition) is 0. The molecule has 156 valence electrons. The lowest BCUT2D eigenvalue weighted by Crippen LogP contribution is -2.48. The molecule has 3 aromatic rings. The second-order valence-corrected chi connectivity index (χ2v) is 8.62. The first-order chi connectivity index (χ1) is 14.5. The molecule has 6 nitrogen and oxygen atoms in total. The lowest BCUT2D eigenvalue weighted by molar-refractivity contribution is -0.126. The van der Waals surface area contributed by atoms with Gasteiger partial charge < -0.3 is 9.80 Å². The summed E-state index contributed by atoms with van der Waals surface area (Å²) in [6, 6.07) is 8.31. The van der Waals surface area contributed by atoms with Gasteiger partial charge in [-0.15, -0.1) is 11.3 Å². The highest BCUT2D eigenvalue weighted by Crippen LogP contribution is 2.23. The smallest absolute Gasteiger partial charge is 0.246 e. The molecule has 0 aliphatic carbocycles. The molecule has 30 heavy (non-hydrogen) atoms. The number of halogens is 1. The highest BCUT2D eigenvalue weighted by Gasteiger charge is 2.21. The Morgan fingerprint density at radius 1 is 1.17 bits per heavy atom. The van der Waals surface area contributed by atoms with Crippen molar-refractivity contribution in [1.82, 2.24) is 19.7 Å². The minimum atomic E-state index is -0.00413. The number of carbonyl (C=O) groups excluding carboxylic acids is 1. The van der Waals surface area contributed by atoms with E-state index in [2.05, 4.69) is 46.2 Å². The molecule has 0 atom stereocenters. The van der Waals surface area contributed by atoms with E-state index < -0.39 is 0 Å². The van der Waals surface area contributed by atoms with Crippen molar-refractivity contribution in [2.45, 2.75) is 20.4 Å². The van der Waals surface area contributed by atoms with Crippen molar-refractivity contribution in [3.8, 4) is 0 Å². The van der Waals surface area contributed by atoms with Gasteiger partial charge >= 0.3 is 0 Å². The average Bonchev–Trinajstić information content (AvgIpc) is 3.37. The molecular formula is C22H24ClN5OS. The van der Waals surface area contributed by atoms with Crippen LogP contribution in [0.15, 0.2) is 41.9 Å². The second-order valence-electron chi connectivity index (χ2n) is 7.39. The van der Waals surface area contributed by atoms with E-state index in [-0.39, 0.29) is 5.91 Å². The number of aromatic nitrogens is 3. The van der Waals surface area contributed by atoms with Crippen LogP contribution >= 0.6 is 22.9 Å². The maximum atomic E-state index is 12.7. The molecular weight excluding hydrogens is 418 g/mol. The summed E-state index contributed by atoms with van der Waals surface area (Å²) in [5.74, 6) is -0.00413. The summed E-state index contributed by atoms with van der Waals surface area (Å²) in [5.41, 5.74) is 3.95. The number of benzene rings is 1. The third-order valence-corrected chi connectivity index (χ3v) is 6.47. The molecule has 4 rings (SSSR count). The minimum Gasteiger partial charge on any atom is -0.345 e. The van der Waals surface area contributed by atoms with E-state index in [1.807, 2.05) is 23.4 Å². The fourth-order valence-corrected chi connectivity index (χ4v) is 4.47. The number of rotatable bonds is 5. The molecule has 0 bridgehead atoms. The highest BCUT2D eigenvalue weighted by atomic mass is 35.5. The molecule has 1 amide bonds. The van der Waals surface area contributed by atoms with Crippen molar-refractivity contribution < 1.29 is 4.79 Å². The maximum absolute atomic E-state index is 12.7. The number of thiazole rings is 1. The first-order valence-electron chi connectivity index (χ1n) is 9.91. The van der Waals surface area contributed by atoms with Gasteiger partial charge in [0.2, 0.25) is 5.91 Å². The number of piperazine rings is 1. The molecule has 0 unspecified atom stereocenters. The summed E-state index contributed by atoms with van der Waals surface area (Å²) in [4.78, 5) is 21.1. The zero-order valence-corrected chi connectivity index (χ0v) is 18.7. The summed E-state index contributed by atoms with van der Waals surface area (Å²) in [5, 5.41) is 8.09. The molecule has 8 heteroatoms. The van der Waals surface area contributed by atoms with Gasteiger partial charge in [-0.2, -0.15) is 5.10 Å². The Balaban J connectivity index is 1.39. The molecule has 1 aromatic carbocycles. The van der Waals surface area contributed by atoms with Gasteiger partial charge in [0.05, 0.1) is 12.2 Å². The largest absolute Gasteiger partial charge is 0.345 e. The van der Waals surface area contributed by atoms with Crippen LogP contribution in [-0.2, 0) is 11.3 Å². The number of anilines is 1. The standard InChI is InChI=1S/C22H24ClN5OS/c1-16-3-5-18(6-4-16)15-28-21(23)19(17(2)25-28)7-8-20(29)26-10-12-27(13-11-26)22-24-9-14-30-22/h3-9,14H,10-13,15H2,1-2H3/b8-7+. The Hall–Kier alpha value is -2.64. The summed E-state index contributed by atoms with van der Waals surface area (Å²) in [6.45, 7) is 7.52. The fourth-order valence-electron chi connectivity index (χ4n) is 3.48. The van der Waals surface area contributed by atoms with Crippen LogP contribution in [0.2, 0.25) is 5.15 Å². The third-order valence-electron chi connectivity index (χ3n) is 5.24. The van der Waals surface area contributed by atoms with E-state index >= 15 is 0 Å². The maximum Gasteiger partial charge on any atom is 0.246 e. The summed E-state index contributed by atoms with van der Waals surface area (Å²) < 4.78 is 1.78. The van der Waals surface area contributed by atoms with Crippen molar-refractivity contribution in [1.29, 1.82) is 0 Å². The predicted octanol–water partition coefficient (Wildman–Crippen LogP) is 4.02. The van der Waals surface area contributed by atoms with Gasteiger partial charge in [-0.3, -0.25) is 4.79 Å². The average molecular weight is 442 g/mol. The zero-order valence-electron chi connectivity index (χ0n) is 17.1. The van der Waals surface area contributed by atoms with Gasteiger partial charge in [0.15, 0.2) is 5.13 Å². The molecule has 0 saturated carbocycles. The summed E-state index contributed by atoms with van der Waals surface area (Å²) in [6.07, 6.45) is 5.20. The van der Waals surface area contributed by atoms with Crippen LogP contribution < -0.4 is 4.90 Å². The number of carbonyl (C=O) groups is 1. The van der Waals surface area contributed by atoms with Gasteiger partial charge in [0.1, 0.15) is 5.15 Å². The lowest BCUT2D eigenvalue weighted by Gasteiger charge is -2.34. The van der Waals surface area contributed by atoms with E-state index in [0.717, 1.165) is 35.0 Å². The lowest BCUT2D eigenvalue weighted by atomic mass is 10.1. The molecule has 1 aliphatic rings. The monoisotopic (exact) mass is 441 g/mol. The van der Waals surface area contributed by atoms with Gasteiger partial charge in [0.25, 0.3) is 0 Å². The van der Waals surface area contributed by atoms with Crippen LogP contribution in [0.4, 0.5) is 5.13 Å². The van der Waals surface area contributed by atoms with Gasteiger partial charge in [0, 0.05) is 49.4 Å². The fraction of sp³-hybridized carbons (Fsp3) is 0.318. The number of nitrogens with zero attached hydrogens (tertiary/aromatic N) is 5. The van der Waals surface area contributed by atoms with Gasteiger partial charge in [-0.05, 0) is 25.5 Å². The topological polar surface area (TPSA) is 54.3 Å². The Bertz CT molecular complexity index is 1030. The molecule has 1 fully saturated rings. The van der Waals surface area contributed by atoms with Crippen molar-refractivity contribution in [3.05, 3.63) is 69.5 Å². The van der Waals surface area contributed by atoms with Crippen molar-refractivity contribution in [2.75, 3.05) is 31.1 Å². The van der Waals surface area contributed by atoms with Crippen LogP contribution in [0.25, 0.3) is 6.08 Å². The Kier molecular flexibility index (Phi) is 6.20. The first-order valence-corrected chi connectivity index (χ1v) is 11.2. The summed E-state index contributed by atoms with van der Waals surface area (Å²) >= 11 is 8.19. The van der Waals surface area contributed by atoms with E-state index in [9.17, 15) is 4.79 Å². The molecule has 0 N–H and O–H groups in total. The van der Waals surface area contributed by atoms with Crippen LogP contribution in [0.5, 0.6) is 0 Å². The van der Waals surface area contributed by atoms with E-state index in [0.29, 0.717) is 24.8 Å². The third kappa shape index (κ3) is 4.57. The Morgan fingerprint density at radius 2 is 1.90 bits per heavy atom.